The third-order valence-corrected chi connectivity index (χ3v) is 3.61. The topological polar surface area (TPSA) is 85.1 Å². The van der Waals surface area contributed by atoms with Gasteiger partial charge in [0.15, 0.2) is 5.82 Å². The maximum atomic E-state index is 5.43. The molecule has 1 saturated carbocycles. The van der Waals surface area contributed by atoms with Crippen LogP contribution in [0.2, 0.25) is 0 Å². The Morgan fingerprint density at radius 3 is 2.68 bits per heavy atom. The number of nitrogens with two attached hydrogens (primary N) is 1. The van der Waals surface area contributed by atoms with E-state index in [-0.39, 0.29) is 0 Å². The van der Waals surface area contributed by atoms with Crippen LogP contribution < -0.4 is 16.6 Å². The molecule has 0 amide bonds. The lowest BCUT2D eigenvalue weighted by atomic mass is 9.70. The standard InChI is InChI=1S/C13H23N5O/c1-3-19-8-12-16-10(7-11(17-12)18-14)15-9-13(2)5-4-6-13/h7H,3-6,8-9,14H2,1-2H3,(H2,15,16,17,18). The molecule has 0 unspecified atom stereocenters. The van der Waals surface area contributed by atoms with Crippen LogP contribution in [0.1, 0.15) is 38.9 Å². The summed E-state index contributed by atoms with van der Waals surface area (Å²) in [5, 5.41) is 3.38. The number of rotatable bonds is 7. The van der Waals surface area contributed by atoms with Crippen molar-refractivity contribution in [2.75, 3.05) is 23.9 Å². The van der Waals surface area contributed by atoms with Gasteiger partial charge in [0.1, 0.15) is 18.2 Å². The molecule has 0 saturated heterocycles. The lowest BCUT2D eigenvalue weighted by Gasteiger charge is -2.38. The first-order valence-corrected chi connectivity index (χ1v) is 6.81. The second-order valence-electron chi connectivity index (χ2n) is 5.35. The Balaban J connectivity index is 2.01. The first-order valence-electron chi connectivity index (χ1n) is 6.81. The van der Waals surface area contributed by atoms with Crippen LogP contribution in [0.3, 0.4) is 0 Å². The predicted molar refractivity (Wildman–Crippen MR) is 75.6 cm³/mol. The SMILES string of the molecule is CCOCc1nc(NN)cc(NCC2(C)CCC2)n1. The highest BCUT2D eigenvalue weighted by Gasteiger charge is 2.31. The molecule has 4 N–H and O–H groups in total. The van der Waals surface area contributed by atoms with Crippen molar-refractivity contribution < 1.29 is 4.74 Å². The fourth-order valence-corrected chi connectivity index (χ4v) is 2.18. The summed E-state index contributed by atoms with van der Waals surface area (Å²) in [6, 6.07) is 1.82. The molecule has 0 aliphatic heterocycles. The molecule has 1 fully saturated rings. The normalized spacial score (nSPS) is 16.8. The van der Waals surface area contributed by atoms with Crippen molar-refractivity contribution in [3.63, 3.8) is 0 Å². The van der Waals surface area contributed by atoms with E-state index in [9.17, 15) is 0 Å². The molecule has 0 aromatic carbocycles. The third-order valence-electron chi connectivity index (χ3n) is 3.61. The van der Waals surface area contributed by atoms with Gasteiger partial charge in [0.05, 0.1) is 0 Å². The van der Waals surface area contributed by atoms with E-state index in [2.05, 4.69) is 27.6 Å². The van der Waals surface area contributed by atoms with Crippen LogP contribution in [-0.4, -0.2) is 23.1 Å². The van der Waals surface area contributed by atoms with Gasteiger partial charge < -0.3 is 15.5 Å². The van der Waals surface area contributed by atoms with Crippen LogP contribution >= 0.6 is 0 Å². The van der Waals surface area contributed by atoms with E-state index in [1.165, 1.54) is 19.3 Å². The predicted octanol–water partition coefficient (Wildman–Crippen LogP) is 1.90. The number of hydrogen-bond acceptors (Lipinski definition) is 6. The monoisotopic (exact) mass is 265 g/mol. The van der Waals surface area contributed by atoms with Crippen LogP contribution in [-0.2, 0) is 11.3 Å². The van der Waals surface area contributed by atoms with E-state index in [1.54, 1.807) is 0 Å². The van der Waals surface area contributed by atoms with Crippen LogP contribution in [0.25, 0.3) is 0 Å². The maximum Gasteiger partial charge on any atom is 0.158 e. The van der Waals surface area contributed by atoms with Crippen molar-refractivity contribution in [2.45, 2.75) is 39.7 Å². The number of hydrogen-bond donors (Lipinski definition) is 3. The van der Waals surface area contributed by atoms with Gasteiger partial charge >= 0.3 is 0 Å². The average molecular weight is 265 g/mol. The van der Waals surface area contributed by atoms with Gasteiger partial charge in [0.25, 0.3) is 0 Å². The van der Waals surface area contributed by atoms with E-state index in [0.717, 1.165) is 12.4 Å². The van der Waals surface area contributed by atoms with Crippen molar-refractivity contribution in [1.82, 2.24) is 9.97 Å². The summed E-state index contributed by atoms with van der Waals surface area (Å²) in [6.07, 6.45) is 3.88. The summed E-state index contributed by atoms with van der Waals surface area (Å²) < 4.78 is 5.33. The van der Waals surface area contributed by atoms with E-state index in [1.807, 2.05) is 13.0 Å². The summed E-state index contributed by atoms with van der Waals surface area (Å²) in [7, 11) is 0. The first-order chi connectivity index (χ1) is 9.15. The molecular weight excluding hydrogens is 242 g/mol. The van der Waals surface area contributed by atoms with Gasteiger partial charge in [-0.3, -0.25) is 0 Å². The highest BCUT2D eigenvalue weighted by Crippen LogP contribution is 2.40. The molecule has 1 aromatic rings. The van der Waals surface area contributed by atoms with Gasteiger partial charge in [0, 0.05) is 19.2 Å². The number of hydrazine groups is 1. The molecule has 0 atom stereocenters. The summed E-state index contributed by atoms with van der Waals surface area (Å²) in [6.45, 7) is 6.22. The lowest BCUT2D eigenvalue weighted by Crippen LogP contribution is -2.33. The Morgan fingerprint density at radius 2 is 2.11 bits per heavy atom. The fraction of sp³-hybridized carbons (Fsp3) is 0.692. The highest BCUT2D eigenvalue weighted by atomic mass is 16.5. The van der Waals surface area contributed by atoms with E-state index in [0.29, 0.717) is 30.3 Å². The molecule has 6 nitrogen and oxygen atoms in total. The number of nitrogen functional groups attached to an aromatic ring is 1. The molecule has 0 bridgehead atoms. The van der Waals surface area contributed by atoms with Crippen molar-refractivity contribution in [1.29, 1.82) is 0 Å². The van der Waals surface area contributed by atoms with Gasteiger partial charge in [-0.05, 0) is 25.2 Å². The minimum Gasteiger partial charge on any atom is -0.374 e. The van der Waals surface area contributed by atoms with Crippen molar-refractivity contribution >= 4 is 11.6 Å². The Kier molecular flexibility index (Phi) is 4.55. The number of ether oxygens (including phenoxy) is 1. The summed E-state index contributed by atoms with van der Waals surface area (Å²) >= 11 is 0. The lowest BCUT2D eigenvalue weighted by molar-refractivity contribution is 0.128. The van der Waals surface area contributed by atoms with Gasteiger partial charge in [-0.15, -0.1) is 0 Å². The van der Waals surface area contributed by atoms with Crippen LogP contribution in [0.5, 0.6) is 0 Å². The van der Waals surface area contributed by atoms with Crippen molar-refractivity contribution in [2.24, 2.45) is 11.3 Å². The Hall–Kier alpha value is -1.40. The van der Waals surface area contributed by atoms with Crippen LogP contribution in [0.15, 0.2) is 6.07 Å². The maximum absolute atomic E-state index is 5.43. The molecule has 6 heteroatoms. The second kappa shape index (κ2) is 6.16. The zero-order valence-corrected chi connectivity index (χ0v) is 11.7. The molecule has 1 aliphatic rings. The van der Waals surface area contributed by atoms with Crippen molar-refractivity contribution in [3.05, 3.63) is 11.9 Å². The smallest absolute Gasteiger partial charge is 0.158 e. The van der Waals surface area contributed by atoms with E-state index in [4.69, 9.17) is 10.6 Å². The molecular formula is C13H23N5O. The fourth-order valence-electron chi connectivity index (χ4n) is 2.18. The molecule has 19 heavy (non-hydrogen) atoms. The average Bonchev–Trinajstić information content (AvgIpc) is 2.40. The Morgan fingerprint density at radius 1 is 1.37 bits per heavy atom. The largest absolute Gasteiger partial charge is 0.374 e. The molecule has 106 valence electrons. The molecule has 2 rings (SSSR count). The van der Waals surface area contributed by atoms with E-state index < -0.39 is 0 Å². The third kappa shape index (κ3) is 3.78. The van der Waals surface area contributed by atoms with Gasteiger partial charge in [0.2, 0.25) is 0 Å². The van der Waals surface area contributed by atoms with Crippen LogP contribution in [0, 0.1) is 5.41 Å². The summed E-state index contributed by atoms with van der Waals surface area (Å²) in [5.74, 6) is 7.46. The number of nitrogens with one attached hydrogen (secondary N) is 2. The molecule has 0 radical (unpaired) electrons. The Labute approximate surface area is 114 Å². The Bertz CT molecular complexity index is 419. The first kappa shape index (κ1) is 14.0. The number of aromatic nitrogens is 2. The zero-order valence-electron chi connectivity index (χ0n) is 11.7. The highest BCUT2D eigenvalue weighted by molar-refractivity contribution is 5.47. The zero-order chi connectivity index (χ0) is 13.7. The molecule has 0 spiro atoms. The second-order valence-corrected chi connectivity index (χ2v) is 5.35. The quantitative estimate of drug-likeness (QED) is 0.516. The molecule has 1 aliphatic carbocycles. The summed E-state index contributed by atoms with van der Waals surface area (Å²) in [4.78, 5) is 8.69. The van der Waals surface area contributed by atoms with Gasteiger partial charge in [-0.1, -0.05) is 13.3 Å². The van der Waals surface area contributed by atoms with Crippen molar-refractivity contribution in [3.8, 4) is 0 Å². The minimum atomic E-state index is 0.401. The van der Waals surface area contributed by atoms with Gasteiger partial charge in [-0.2, -0.15) is 0 Å². The van der Waals surface area contributed by atoms with Gasteiger partial charge in [-0.25, -0.2) is 15.8 Å². The minimum absolute atomic E-state index is 0.401. The molecule has 1 heterocycles. The summed E-state index contributed by atoms with van der Waals surface area (Å²) in [5.41, 5.74) is 2.97. The molecule has 1 aromatic heterocycles. The number of nitrogens with zero attached hydrogens (tertiary/aromatic N) is 2. The van der Waals surface area contributed by atoms with Crippen LogP contribution in [0.4, 0.5) is 11.6 Å². The number of anilines is 2. The van der Waals surface area contributed by atoms with E-state index >= 15 is 0 Å².